The van der Waals surface area contributed by atoms with Gasteiger partial charge in [0.1, 0.15) is 0 Å². The van der Waals surface area contributed by atoms with E-state index < -0.39 is 0 Å². The van der Waals surface area contributed by atoms with Gasteiger partial charge in [-0.15, -0.1) is 0 Å². The van der Waals surface area contributed by atoms with Crippen LogP contribution in [-0.2, 0) is 0 Å². The Morgan fingerprint density at radius 3 is 2.63 bits per heavy atom. The lowest BCUT2D eigenvalue weighted by Crippen LogP contribution is -1.93. The number of nitrogens with one attached hydrogen (secondary N) is 1. The predicted octanol–water partition coefficient (Wildman–Crippen LogP) is 4.95. The molecule has 0 radical (unpaired) electrons. The summed E-state index contributed by atoms with van der Waals surface area (Å²) in [5.41, 5.74) is 6.07. The number of hydrogen-bond acceptors (Lipinski definition) is 2. The van der Waals surface area contributed by atoms with Gasteiger partial charge in [-0.25, -0.2) is 0 Å². The Morgan fingerprint density at radius 1 is 1.11 bits per heavy atom. The zero-order valence-electron chi connectivity index (χ0n) is 10.7. The molecule has 0 amide bonds. The topological polar surface area (TPSA) is 24.4 Å². The number of allylic oxidation sites excluding steroid dienone is 1. The van der Waals surface area contributed by atoms with Gasteiger partial charge in [0.05, 0.1) is 11.4 Å². The Labute approximate surface area is 122 Å². The van der Waals surface area contributed by atoms with E-state index in [9.17, 15) is 0 Å². The number of benzene rings is 2. The Morgan fingerprint density at radius 2 is 1.89 bits per heavy atom. The zero-order valence-corrected chi connectivity index (χ0v) is 12.3. The number of hydrogen-bond donors (Lipinski definition) is 1. The summed E-state index contributed by atoms with van der Waals surface area (Å²) in [6.45, 7) is 1.96. The largest absolute Gasteiger partial charge is 0.278 e. The average Bonchev–Trinajstić information content (AvgIpc) is 2.44. The normalized spacial score (nSPS) is 11.8. The van der Waals surface area contributed by atoms with Crippen LogP contribution in [0.25, 0.3) is 6.08 Å². The maximum absolute atomic E-state index is 4.30. The number of hydrazone groups is 1. The minimum absolute atomic E-state index is 0.920. The summed E-state index contributed by atoms with van der Waals surface area (Å²) >= 11 is 3.45. The average molecular weight is 315 g/mol. The first-order valence-corrected chi connectivity index (χ1v) is 6.82. The van der Waals surface area contributed by atoms with Gasteiger partial charge in [0, 0.05) is 4.47 Å². The summed E-state index contributed by atoms with van der Waals surface area (Å²) in [5, 5.41) is 4.30. The molecule has 0 aromatic heterocycles. The molecular formula is C16H15BrN2. The maximum atomic E-state index is 4.30. The molecule has 0 fully saturated rings. The minimum atomic E-state index is 0.920. The smallest absolute Gasteiger partial charge is 0.0576 e. The summed E-state index contributed by atoms with van der Waals surface area (Å²) in [6.07, 6.45) is 4.02. The SMILES string of the molecule is CC(/C=C/c1cccc(Br)c1)=N\Nc1ccccc1. The van der Waals surface area contributed by atoms with Gasteiger partial charge in [-0.05, 0) is 42.8 Å². The number of anilines is 1. The molecule has 2 nitrogen and oxygen atoms in total. The molecule has 0 unspecified atom stereocenters. The van der Waals surface area contributed by atoms with E-state index in [2.05, 4.69) is 38.6 Å². The highest BCUT2D eigenvalue weighted by Gasteiger charge is 1.90. The highest BCUT2D eigenvalue weighted by Crippen LogP contribution is 2.12. The van der Waals surface area contributed by atoms with E-state index in [1.807, 2.05) is 61.5 Å². The van der Waals surface area contributed by atoms with Crippen LogP contribution < -0.4 is 5.43 Å². The van der Waals surface area contributed by atoms with Crippen molar-refractivity contribution < 1.29 is 0 Å². The van der Waals surface area contributed by atoms with E-state index in [-0.39, 0.29) is 0 Å². The van der Waals surface area contributed by atoms with Crippen LogP contribution in [0.1, 0.15) is 12.5 Å². The second-order valence-electron chi connectivity index (χ2n) is 4.12. The molecule has 3 heteroatoms. The van der Waals surface area contributed by atoms with E-state index >= 15 is 0 Å². The summed E-state index contributed by atoms with van der Waals surface area (Å²) in [5.74, 6) is 0. The van der Waals surface area contributed by atoms with Gasteiger partial charge in [0.15, 0.2) is 0 Å². The first kappa shape index (κ1) is 13.6. The second-order valence-corrected chi connectivity index (χ2v) is 5.04. The van der Waals surface area contributed by atoms with Crippen molar-refractivity contribution in [3.05, 3.63) is 70.7 Å². The molecule has 0 aliphatic heterocycles. The molecule has 2 aromatic carbocycles. The molecule has 1 N–H and O–H groups in total. The number of para-hydroxylation sites is 1. The fraction of sp³-hybridized carbons (Fsp3) is 0.0625. The molecule has 0 heterocycles. The number of halogens is 1. The van der Waals surface area contributed by atoms with Crippen molar-refractivity contribution >= 4 is 33.4 Å². The first-order chi connectivity index (χ1) is 9.24. The molecule has 96 valence electrons. The van der Waals surface area contributed by atoms with Crippen molar-refractivity contribution in [2.75, 3.05) is 5.43 Å². The van der Waals surface area contributed by atoms with E-state index in [0.29, 0.717) is 0 Å². The van der Waals surface area contributed by atoms with Crippen molar-refractivity contribution in [1.82, 2.24) is 0 Å². The summed E-state index contributed by atoms with van der Waals surface area (Å²) in [7, 11) is 0. The standard InChI is InChI=1S/C16H15BrN2/c1-13(18-19-16-8-3-2-4-9-16)10-11-14-6-5-7-15(17)12-14/h2-12,19H,1H3/b11-10+,18-13+. The van der Waals surface area contributed by atoms with Gasteiger partial charge >= 0.3 is 0 Å². The van der Waals surface area contributed by atoms with Gasteiger partial charge < -0.3 is 0 Å². The van der Waals surface area contributed by atoms with Crippen molar-refractivity contribution in [1.29, 1.82) is 0 Å². The molecule has 0 aliphatic carbocycles. The lowest BCUT2D eigenvalue weighted by Gasteiger charge is -2.00. The van der Waals surface area contributed by atoms with E-state index in [1.165, 1.54) is 0 Å². The molecule has 19 heavy (non-hydrogen) atoms. The molecule has 0 saturated carbocycles. The Balaban J connectivity index is 1.99. The molecule has 2 rings (SSSR count). The van der Waals surface area contributed by atoms with Crippen LogP contribution >= 0.6 is 15.9 Å². The van der Waals surface area contributed by atoms with Gasteiger partial charge in [0.25, 0.3) is 0 Å². The molecule has 2 aromatic rings. The Kier molecular flexibility index (Phi) is 4.93. The third-order valence-corrected chi connectivity index (χ3v) is 2.99. The minimum Gasteiger partial charge on any atom is -0.278 e. The highest BCUT2D eigenvalue weighted by molar-refractivity contribution is 9.10. The molecule has 0 bridgehead atoms. The fourth-order valence-corrected chi connectivity index (χ4v) is 1.95. The highest BCUT2D eigenvalue weighted by atomic mass is 79.9. The first-order valence-electron chi connectivity index (χ1n) is 6.03. The maximum Gasteiger partial charge on any atom is 0.0576 e. The van der Waals surface area contributed by atoms with Crippen LogP contribution in [0.4, 0.5) is 5.69 Å². The van der Waals surface area contributed by atoms with Crippen LogP contribution in [0.5, 0.6) is 0 Å². The van der Waals surface area contributed by atoms with Crippen molar-refractivity contribution in [3.63, 3.8) is 0 Å². The number of nitrogens with zero attached hydrogens (tertiary/aromatic N) is 1. The zero-order chi connectivity index (χ0) is 13.5. The Bertz CT molecular complexity index is 589. The van der Waals surface area contributed by atoms with Crippen LogP contribution in [0.2, 0.25) is 0 Å². The van der Waals surface area contributed by atoms with Crippen LogP contribution in [0.3, 0.4) is 0 Å². The molecule has 0 aliphatic rings. The van der Waals surface area contributed by atoms with Crippen LogP contribution in [0, 0.1) is 0 Å². The second kappa shape index (κ2) is 6.90. The molecule has 0 atom stereocenters. The summed E-state index contributed by atoms with van der Waals surface area (Å²) in [6, 6.07) is 18.0. The van der Waals surface area contributed by atoms with Gasteiger partial charge in [-0.1, -0.05) is 52.3 Å². The van der Waals surface area contributed by atoms with Gasteiger partial charge in [-0.2, -0.15) is 5.10 Å². The lowest BCUT2D eigenvalue weighted by molar-refractivity contribution is 1.33. The van der Waals surface area contributed by atoms with Crippen molar-refractivity contribution in [2.45, 2.75) is 6.92 Å². The molecular weight excluding hydrogens is 300 g/mol. The van der Waals surface area contributed by atoms with Crippen molar-refractivity contribution in [2.24, 2.45) is 5.10 Å². The summed E-state index contributed by atoms with van der Waals surface area (Å²) in [4.78, 5) is 0. The summed E-state index contributed by atoms with van der Waals surface area (Å²) < 4.78 is 1.08. The monoisotopic (exact) mass is 314 g/mol. The number of rotatable bonds is 4. The van der Waals surface area contributed by atoms with Gasteiger partial charge in [0.2, 0.25) is 0 Å². The lowest BCUT2D eigenvalue weighted by atomic mass is 10.2. The van der Waals surface area contributed by atoms with E-state index in [0.717, 1.165) is 21.4 Å². The third-order valence-electron chi connectivity index (χ3n) is 2.50. The van der Waals surface area contributed by atoms with E-state index in [4.69, 9.17) is 0 Å². The fourth-order valence-electron chi connectivity index (χ4n) is 1.53. The molecule has 0 saturated heterocycles. The van der Waals surface area contributed by atoms with Crippen LogP contribution in [-0.4, -0.2) is 5.71 Å². The van der Waals surface area contributed by atoms with E-state index in [1.54, 1.807) is 0 Å². The predicted molar refractivity (Wildman–Crippen MR) is 86.3 cm³/mol. The third kappa shape index (κ3) is 4.72. The quantitative estimate of drug-likeness (QED) is 0.626. The van der Waals surface area contributed by atoms with Gasteiger partial charge in [-0.3, -0.25) is 5.43 Å². The van der Waals surface area contributed by atoms with Crippen molar-refractivity contribution in [3.8, 4) is 0 Å². The Hall–Kier alpha value is -1.87. The molecule has 0 spiro atoms. The van der Waals surface area contributed by atoms with Crippen LogP contribution in [0.15, 0.2) is 70.2 Å².